The molecule has 0 spiro atoms. The second kappa shape index (κ2) is 8.46. The number of aliphatic hydroxyl groups is 1. The van der Waals surface area contributed by atoms with Crippen molar-refractivity contribution in [3.05, 3.63) is 35.4 Å². The Hall–Kier alpha value is -1.63. The molecule has 2 N–H and O–H groups in total. The van der Waals surface area contributed by atoms with Gasteiger partial charge in [-0.05, 0) is 24.0 Å². The van der Waals surface area contributed by atoms with Crippen LogP contribution in [0.5, 0.6) is 0 Å². The van der Waals surface area contributed by atoms with E-state index in [2.05, 4.69) is 22.3 Å². The maximum absolute atomic E-state index is 12.3. The number of hydrogen-bond donors (Lipinski definition) is 2. The molecule has 0 aliphatic carbocycles. The zero-order valence-electron chi connectivity index (χ0n) is 14.1. The van der Waals surface area contributed by atoms with Gasteiger partial charge < -0.3 is 20.1 Å². The van der Waals surface area contributed by atoms with E-state index in [4.69, 9.17) is 4.74 Å². The van der Waals surface area contributed by atoms with Crippen LogP contribution in [0.1, 0.15) is 24.0 Å². The molecule has 1 unspecified atom stereocenters. The molecular weight excluding hydrogens is 306 g/mol. The molecular formula is C18H27N3O3. The number of β-amino-alcohol motifs (C(OH)–C–C–N with tert-alkyl or cyclic N) is 1. The van der Waals surface area contributed by atoms with Crippen molar-refractivity contribution >= 4 is 6.03 Å². The number of amides is 2. The molecule has 2 aliphatic heterocycles. The summed E-state index contributed by atoms with van der Waals surface area (Å²) in [6.45, 7) is 6.04. The fourth-order valence-electron chi connectivity index (χ4n) is 3.31. The van der Waals surface area contributed by atoms with Crippen molar-refractivity contribution in [2.24, 2.45) is 0 Å². The van der Waals surface area contributed by atoms with E-state index in [9.17, 15) is 9.90 Å². The number of carbonyl (C=O) groups is 1. The highest BCUT2D eigenvalue weighted by atomic mass is 16.5. The van der Waals surface area contributed by atoms with Crippen molar-refractivity contribution in [1.82, 2.24) is 15.1 Å². The van der Waals surface area contributed by atoms with Crippen molar-refractivity contribution in [2.75, 3.05) is 39.4 Å². The van der Waals surface area contributed by atoms with E-state index in [1.54, 1.807) is 4.90 Å². The fraction of sp³-hybridized carbons (Fsp3) is 0.611. The first-order valence-electron chi connectivity index (χ1n) is 8.80. The monoisotopic (exact) mass is 333 g/mol. The van der Waals surface area contributed by atoms with Crippen LogP contribution in [0.4, 0.5) is 4.79 Å². The molecule has 0 aromatic heterocycles. The van der Waals surface area contributed by atoms with Gasteiger partial charge in [0.05, 0.1) is 19.3 Å². The van der Waals surface area contributed by atoms with E-state index < -0.39 is 6.10 Å². The van der Waals surface area contributed by atoms with Crippen molar-refractivity contribution < 1.29 is 14.6 Å². The molecule has 0 radical (unpaired) electrons. The fourth-order valence-corrected chi connectivity index (χ4v) is 3.31. The molecule has 2 saturated heterocycles. The number of likely N-dealkylation sites (tertiary alicyclic amines) is 1. The van der Waals surface area contributed by atoms with Gasteiger partial charge in [-0.3, -0.25) is 4.90 Å². The van der Waals surface area contributed by atoms with Gasteiger partial charge in [-0.25, -0.2) is 4.79 Å². The molecule has 0 bridgehead atoms. The third-order valence-corrected chi connectivity index (χ3v) is 4.73. The predicted octanol–water partition coefficient (Wildman–Crippen LogP) is 1.19. The Morgan fingerprint density at radius 2 is 1.96 bits per heavy atom. The van der Waals surface area contributed by atoms with E-state index in [1.165, 1.54) is 5.56 Å². The van der Waals surface area contributed by atoms with Crippen LogP contribution in [0.25, 0.3) is 0 Å². The maximum Gasteiger partial charge on any atom is 0.317 e. The molecule has 3 rings (SSSR count). The zero-order chi connectivity index (χ0) is 16.8. The van der Waals surface area contributed by atoms with Crippen LogP contribution in [0, 0.1) is 0 Å². The number of aliphatic hydroxyl groups excluding tert-OH is 1. The first-order valence-corrected chi connectivity index (χ1v) is 8.80. The molecule has 2 aliphatic rings. The predicted molar refractivity (Wildman–Crippen MR) is 91.6 cm³/mol. The number of nitrogens with one attached hydrogen (secondary N) is 1. The van der Waals surface area contributed by atoms with Crippen molar-refractivity contribution in [3.8, 4) is 0 Å². The van der Waals surface area contributed by atoms with Gasteiger partial charge in [0.15, 0.2) is 0 Å². The lowest BCUT2D eigenvalue weighted by Crippen LogP contribution is -2.46. The average Bonchev–Trinajstić information content (AvgIpc) is 2.61. The summed E-state index contributed by atoms with van der Waals surface area (Å²) in [7, 11) is 0. The number of ether oxygens (including phenoxy) is 1. The Balaban J connectivity index is 1.55. The van der Waals surface area contributed by atoms with E-state index in [1.807, 2.05) is 12.1 Å². The van der Waals surface area contributed by atoms with Crippen LogP contribution in [0.3, 0.4) is 0 Å². The molecule has 1 aromatic carbocycles. The molecule has 132 valence electrons. The van der Waals surface area contributed by atoms with E-state index >= 15 is 0 Å². The van der Waals surface area contributed by atoms with E-state index in [0.29, 0.717) is 13.1 Å². The molecule has 6 nitrogen and oxygen atoms in total. The van der Waals surface area contributed by atoms with Crippen molar-refractivity contribution in [2.45, 2.75) is 32.0 Å². The molecule has 1 atom stereocenters. The highest BCUT2D eigenvalue weighted by Gasteiger charge is 2.22. The number of piperidine rings is 1. The van der Waals surface area contributed by atoms with Gasteiger partial charge in [-0.2, -0.15) is 0 Å². The standard InChI is InChI=1S/C18H27N3O3/c22-17-6-3-7-21(14-17)18(23)19-12-15-4-1-2-5-16(15)13-20-8-10-24-11-9-20/h1-2,4-5,17,22H,3,6-14H2,(H,19,23). The first kappa shape index (κ1) is 17.2. The lowest BCUT2D eigenvalue weighted by molar-refractivity contribution is 0.0340. The molecule has 24 heavy (non-hydrogen) atoms. The zero-order valence-corrected chi connectivity index (χ0v) is 14.1. The third kappa shape index (κ3) is 4.69. The second-order valence-electron chi connectivity index (χ2n) is 6.56. The van der Waals surface area contributed by atoms with Crippen LogP contribution in [-0.4, -0.2) is 66.4 Å². The number of urea groups is 1. The highest BCUT2D eigenvalue weighted by Crippen LogP contribution is 2.14. The molecule has 2 fully saturated rings. The summed E-state index contributed by atoms with van der Waals surface area (Å²) in [5.41, 5.74) is 2.40. The minimum atomic E-state index is -0.391. The van der Waals surface area contributed by atoms with Gasteiger partial charge >= 0.3 is 6.03 Å². The van der Waals surface area contributed by atoms with E-state index in [-0.39, 0.29) is 6.03 Å². The molecule has 0 saturated carbocycles. The number of morpholine rings is 1. The second-order valence-corrected chi connectivity index (χ2v) is 6.56. The smallest absolute Gasteiger partial charge is 0.317 e. The van der Waals surface area contributed by atoms with Crippen LogP contribution < -0.4 is 5.32 Å². The Morgan fingerprint density at radius 1 is 1.21 bits per heavy atom. The van der Waals surface area contributed by atoms with Gasteiger partial charge in [0.1, 0.15) is 0 Å². The quantitative estimate of drug-likeness (QED) is 0.869. The summed E-state index contributed by atoms with van der Waals surface area (Å²) in [5.74, 6) is 0. The summed E-state index contributed by atoms with van der Waals surface area (Å²) >= 11 is 0. The number of benzene rings is 1. The number of hydrogen-bond acceptors (Lipinski definition) is 4. The maximum atomic E-state index is 12.3. The Labute approximate surface area is 143 Å². The molecule has 1 aromatic rings. The highest BCUT2D eigenvalue weighted by molar-refractivity contribution is 5.74. The topological polar surface area (TPSA) is 65.0 Å². The minimum absolute atomic E-state index is 0.0880. The van der Waals surface area contributed by atoms with E-state index in [0.717, 1.165) is 57.8 Å². The summed E-state index contributed by atoms with van der Waals surface area (Å²) in [6.07, 6.45) is 1.26. The Bertz CT molecular complexity index is 546. The lowest BCUT2D eigenvalue weighted by Gasteiger charge is -2.30. The Kier molecular flexibility index (Phi) is 6.07. The number of nitrogens with zero attached hydrogens (tertiary/aromatic N) is 2. The van der Waals surface area contributed by atoms with Gasteiger partial charge in [0.25, 0.3) is 0 Å². The first-order chi connectivity index (χ1) is 11.7. The van der Waals surface area contributed by atoms with Crippen molar-refractivity contribution in [1.29, 1.82) is 0 Å². The van der Waals surface area contributed by atoms with Gasteiger partial charge in [0.2, 0.25) is 0 Å². The summed E-state index contributed by atoms with van der Waals surface area (Å²) < 4.78 is 5.40. The SMILES string of the molecule is O=C(NCc1ccccc1CN1CCOCC1)N1CCCC(O)C1. The number of rotatable bonds is 4. The average molecular weight is 333 g/mol. The van der Waals surface area contributed by atoms with Gasteiger partial charge in [-0.15, -0.1) is 0 Å². The van der Waals surface area contributed by atoms with Crippen LogP contribution in [0.2, 0.25) is 0 Å². The van der Waals surface area contributed by atoms with Crippen LogP contribution in [-0.2, 0) is 17.8 Å². The number of carbonyl (C=O) groups excluding carboxylic acids is 1. The normalized spacial score (nSPS) is 22.4. The minimum Gasteiger partial charge on any atom is -0.391 e. The third-order valence-electron chi connectivity index (χ3n) is 4.73. The molecule has 6 heteroatoms. The lowest BCUT2D eigenvalue weighted by atomic mass is 10.1. The van der Waals surface area contributed by atoms with Gasteiger partial charge in [0, 0.05) is 39.3 Å². The van der Waals surface area contributed by atoms with Crippen LogP contribution in [0.15, 0.2) is 24.3 Å². The van der Waals surface area contributed by atoms with Crippen molar-refractivity contribution in [3.63, 3.8) is 0 Å². The summed E-state index contributed by atoms with van der Waals surface area (Å²) in [6, 6.07) is 8.16. The molecule has 2 heterocycles. The summed E-state index contributed by atoms with van der Waals surface area (Å²) in [5, 5.41) is 12.7. The summed E-state index contributed by atoms with van der Waals surface area (Å²) in [4.78, 5) is 16.4. The Morgan fingerprint density at radius 3 is 2.71 bits per heavy atom. The van der Waals surface area contributed by atoms with Crippen LogP contribution >= 0.6 is 0 Å². The molecule has 2 amide bonds. The largest absolute Gasteiger partial charge is 0.391 e. The van der Waals surface area contributed by atoms with Gasteiger partial charge in [-0.1, -0.05) is 24.3 Å².